The number of rotatable bonds is 7. The summed E-state index contributed by atoms with van der Waals surface area (Å²) in [6, 6.07) is 8.48. The first-order valence-electron chi connectivity index (χ1n) is 35.8. The van der Waals surface area contributed by atoms with Crippen LogP contribution in [0, 0.1) is 17.8 Å². The Bertz CT molecular complexity index is 1810. The lowest BCUT2D eigenvalue weighted by molar-refractivity contribution is 0.0154. The molecule has 0 saturated carbocycles. The van der Waals surface area contributed by atoms with Crippen LogP contribution in [0.5, 0.6) is 0 Å². The molecule has 0 spiro atoms. The topological polar surface area (TPSA) is 80.7 Å². The van der Waals surface area contributed by atoms with Crippen molar-refractivity contribution in [3.63, 3.8) is 0 Å². The van der Waals surface area contributed by atoms with Crippen molar-refractivity contribution in [3.8, 4) is 0 Å². The van der Waals surface area contributed by atoms with Crippen LogP contribution in [0.25, 0.3) is 0 Å². The molecule has 14 rings (SSSR count). The maximum absolute atomic E-state index is 5.70. The summed E-state index contributed by atoms with van der Waals surface area (Å²) in [5, 5.41) is 3.56. The Morgan fingerprint density at radius 2 is 0.845 bits per heavy atom. The Labute approximate surface area is 516 Å². The molecule has 1 N–H and O–H groups in total. The SMILES string of the molecule is CC(C)N1CC2CCNC2C1.CC(C)N1CCC2CCOC2C1.CC(C)N1CCC2OCCC2C1.CC(C)N1CCN2CCCC2C1.CC(C)N1CCN2CCCC2C1.CC(C)N1CCN2CCCCC2C1.CC(C)N1CCn2ccnc2C1. The molecule has 1 aromatic rings. The third kappa shape index (κ3) is 20.1. The van der Waals surface area contributed by atoms with Crippen LogP contribution in [0.4, 0.5) is 0 Å². The summed E-state index contributed by atoms with van der Waals surface area (Å²) < 4.78 is 13.6. The molecule has 13 aliphatic rings. The van der Waals surface area contributed by atoms with E-state index in [1.807, 2.05) is 6.20 Å². The molecule has 0 radical (unpaired) electrons. The van der Waals surface area contributed by atoms with Crippen LogP contribution in [0.15, 0.2) is 12.4 Å². The normalized spacial score (nSPS) is 32.6. The Kier molecular flexibility index (Phi) is 27.9. The van der Waals surface area contributed by atoms with Gasteiger partial charge in [0.05, 0.1) is 18.8 Å². The Balaban J connectivity index is 0.000000128. The predicted octanol–water partition coefficient (Wildman–Crippen LogP) is 8.72. The van der Waals surface area contributed by atoms with Gasteiger partial charge in [-0.3, -0.25) is 44.1 Å². The largest absolute Gasteiger partial charge is 0.378 e. The Morgan fingerprint density at radius 3 is 1.39 bits per heavy atom. The standard InChI is InChI=1S/C11H22N2.2C10H20N2.2C10H19NO.C9H15N3.C9H18N2/c1-10(2)13-8-7-12-6-4-3-5-11(12)9-13;2*1-9(2)12-7-6-11-5-3-4-10(11)8-12;1-8(2)11-5-3-10-9(7-11)4-6-12-10;1-8(2)11-5-3-9-4-6-12-10(9)7-11;1-8(2)12-6-5-11-4-3-10-9(11)7-12;1-7(2)11-5-8-3-4-10-9(8)6-11/h10-11H,3-9H2,1-2H3;2*9-10H,3-8H2,1-2H3;2*8-10H,3-7H2,1-2H3;3-4,8H,5-7H2,1-2H3;7-10H,3-6H2,1-2H3. The van der Waals surface area contributed by atoms with Gasteiger partial charge < -0.3 is 24.3 Å². The highest BCUT2D eigenvalue weighted by atomic mass is 16.5. The van der Waals surface area contributed by atoms with Crippen LogP contribution >= 0.6 is 0 Å². The van der Waals surface area contributed by atoms with Gasteiger partial charge >= 0.3 is 0 Å². The summed E-state index contributed by atoms with van der Waals surface area (Å²) in [4.78, 5) is 30.4. The molecule has 12 saturated heterocycles. The van der Waals surface area contributed by atoms with Crippen molar-refractivity contribution >= 4 is 0 Å². The molecule has 1 aromatic heterocycles. The fourth-order valence-corrected chi connectivity index (χ4v) is 16.3. The summed E-state index contributed by atoms with van der Waals surface area (Å²) in [5.41, 5.74) is 0. The van der Waals surface area contributed by atoms with Crippen LogP contribution in [-0.2, 0) is 22.6 Å². The lowest BCUT2D eigenvalue weighted by atomic mass is 9.93. The van der Waals surface area contributed by atoms with Crippen molar-refractivity contribution in [2.75, 3.05) is 144 Å². The highest BCUT2D eigenvalue weighted by Crippen LogP contribution is 2.32. The lowest BCUT2D eigenvalue weighted by Crippen LogP contribution is -2.56. The number of piperazine rings is 3. The van der Waals surface area contributed by atoms with Crippen LogP contribution in [-0.4, -0.2) is 281 Å². The van der Waals surface area contributed by atoms with E-state index < -0.39 is 0 Å². The third-order valence-electron chi connectivity index (χ3n) is 22.4. The number of imidazole rings is 1. The van der Waals surface area contributed by atoms with E-state index in [9.17, 15) is 0 Å². The number of fused-ring (bicyclic) bond motifs is 7. The number of hydrogen-bond acceptors (Lipinski definition) is 14. The monoisotopic (exact) mass is 1180 g/mol. The molecule has 0 aliphatic carbocycles. The number of hydrogen-bond donors (Lipinski definition) is 1. The van der Waals surface area contributed by atoms with Crippen molar-refractivity contribution in [1.82, 2.24) is 63.9 Å². The van der Waals surface area contributed by atoms with Gasteiger partial charge in [-0.25, -0.2) is 4.98 Å². The van der Waals surface area contributed by atoms with Gasteiger partial charge in [-0.05, 0) is 212 Å². The first-order chi connectivity index (χ1) is 40.4. The minimum absolute atomic E-state index is 0.557. The number of ether oxygens (including phenoxy) is 2. The molecule has 84 heavy (non-hydrogen) atoms. The molecule has 9 atom stereocenters. The summed E-state index contributed by atoms with van der Waals surface area (Å²) in [6.45, 7) is 61.9. The van der Waals surface area contributed by atoms with Crippen molar-refractivity contribution in [1.29, 1.82) is 0 Å². The lowest BCUT2D eigenvalue weighted by Gasteiger charge is -2.45. The molecule has 14 heterocycles. The first kappa shape index (κ1) is 68.6. The Morgan fingerprint density at radius 1 is 0.381 bits per heavy atom. The number of likely N-dealkylation sites (tertiary alicyclic amines) is 3. The molecule has 9 unspecified atom stereocenters. The van der Waals surface area contributed by atoms with Crippen LogP contribution in [0.1, 0.15) is 180 Å². The van der Waals surface area contributed by atoms with Crippen molar-refractivity contribution < 1.29 is 9.47 Å². The molecule has 0 amide bonds. The molecule has 0 bridgehead atoms. The summed E-state index contributed by atoms with van der Waals surface area (Å²) in [7, 11) is 0. The molecule has 13 aliphatic heterocycles. The number of piperidine rings is 3. The van der Waals surface area contributed by atoms with E-state index in [0.717, 1.165) is 98.9 Å². The van der Waals surface area contributed by atoms with Gasteiger partial charge in [0.15, 0.2) is 0 Å². The van der Waals surface area contributed by atoms with Gasteiger partial charge in [-0.1, -0.05) is 6.42 Å². The van der Waals surface area contributed by atoms with E-state index in [2.05, 4.69) is 167 Å². The maximum atomic E-state index is 5.70. The number of nitrogens with zero attached hydrogens (tertiary/aromatic N) is 12. The van der Waals surface area contributed by atoms with E-state index in [-0.39, 0.29) is 0 Å². The second-order valence-electron chi connectivity index (χ2n) is 30.0. The van der Waals surface area contributed by atoms with E-state index in [4.69, 9.17) is 9.47 Å². The first-order valence-corrected chi connectivity index (χ1v) is 35.8. The van der Waals surface area contributed by atoms with Crippen molar-refractivity contribution in [3.05, 3.63) is 18.2 Å². The van der Waals surface area contributed by atoms with Gasteiger partial charge in [-0.15, -0.1) is 0 Å². The minimum atomic E-state index is 0.557. The van der Waals surface area contributed by atoms with E-state index in [1.165, 1.54) is 207 Å². The van der Waals surface area contributed by atoms with Crippen molar-refractivity contribution in [2.24, 2.45) is 17.8 Å². The molecule has 15 heteroatoms. The summed E-state index contributed by atoms with van der Waals surface area (Å²) in [5.74, 6) is 3.87. The molecular weight excluding hydrogens is 1040 g/mol. The summed E-state index contributed by atoms with van der Waals surface area (Å²) in [6.07, 6.45) is 21.7. The van der Waals surface area contributed by atoms with Gasteiger partial charge in [0.25, 0.3) is 0 Å². The molecule has 15 nitrogen and oxygen atoms in total. The molecule has 12 fully saturated rings. The van der Waals surface area contributed by atoms with E-state index in [0.29, 0.717) is 30.3 Å². The smallest absolute Gasteiger partial charge is 0.122 e. The molecule has 486 valence electrons. The van der Waals surface area contributed by atoms with Crippen LogP contribution in [0.3, 0.4) is 0 Å². The zero-order valence-corrected chi connectivity index (χ0v) is 57.0. The number of nitrogens with one attached hydrogen (secondary N) is 1. The van der Waals surface area contributed by atoms with Crippen LogP contribution < -0.4 is 5.32 Å². The fourth-order valence-electron chi connectivity index (χ4n) is 16.3. The third-order valence-corrected chi connectivity index (χ3v) is 22.4. The van der Waals surface area contributed by atoms with Gasteiger partial charge in [-0.2, -0.15) is 0 Å². The second kappa shape index (κ2) is 34.2. The van der Waals surface area contributed by atoms with E-state index >= 15 is 0 Å². The Hall–Kier alpha value is -1.31. The second-order valence-corrected chi connectivity index (χ2v) is 30.0. The summed E-state index contributed by atoms with van der Waals surface area (Å²) >= 11 is 0. The average molecular weight is 1180 g/mol. The quantitative estimate of drug-likeness (QED) is 0.283. The van der Waals surface area contributed by atoms with Crippen molar-refractivity contribution in [2.45, 2.75) is 266 Å². The van der Waals surface area contributed by atoms with Gasteiger partial charge in [0, 0.05) is 203 Å². The highest BCUT2D eigenvalue weighted by molar-refractivity contribution is 4.97. The van der Waals surface area contributed by atoms with E-state index in [1.54, 1.807) is 0 Å². The minimum Gasteiger partial charge on any atom is -0.378 e. The highest BCUT2D eigenvalue weighted by Gasteiger charge is 2.39. The molecular formula is C69H133N13O2. The zero-order chi connectivity index (χ0) is 59.9. The van der Waals surface area contributed by atoms with Gasteiger partial charge in [0.1, 0.15) is 5.82 Å². The maximum Gasteiger partial charge on any atom is 0.122 e. The molecule has 0 aromatic carbocycles. The zero-order valence-electron chi connectivity index (χ0n) is 57.0. The van der Waals surface area contributed by atoms with Gasteiger partial charge in [0.2, 0.25) is 0 Å². The average Bonchev–Trinajstić information content (AvgIpc) is 4.52. The predicted molar refractivity (Wildman–Crippen MR) is 351 cm³/mol. The van der Waals surface area contributed by atoms with Crippen LogP contribution in [0.2, 0.25) is 0 Å². The number of aromatic nitrogens is 2. The fraction of sp³-hybridized carbons (Fsp3) is 0.957.